The highest BCUT2D eigenvalue weighted by molar-refractivity contribution is 6.04. The molecule has 0 saturated heterocycles. The summed E-state index contributed by atoms with van der Waals surface area (Å²) in [7, 11) is 1.45. The molecule has 0 aliphatic rings. The summed E-state index contributed by atoms with van der Waals surface area (Å²) in [6.07, 6.45) is -0.223. The number of benzene rings is 3. The van der Waals surface area contributed by atoms with Crippen molar-refractivity contribution in [2.24, 2.45) is 7.05 Å². The van der Waals surface area contributed by atoms with E-state index in [-0.39, 0.29) is 29.8 Å². The number of nitrogens with one attached hydrogen (secondary N) is 2. The zero-order chi connectivity index (χ0) is 27.2. The number of aliphatic hydroxyl groups excluding tert-OH is 1. The number of rotatable bonds is 10. The smallest absolute Gasteiger partial charge is 0.274 e. The molecule has 2 unspecified atom stereocenters. The van der Waals surface area contributed by atoms with Crippen molar-refractivity contribution < 1.29 is 18.7 Å². The van der Waals surface area contributed by atoms with E-state index in [0.29, 0.717) is 17.3 Å². The van der Waals surface area contributed by atoms with E-state index in [4.69, 9.17) is 0 Å². The Morgan fingerprint density at radius 3 is 2.37 bits per heavy atom. The highest BCUT2D eigenvalue weighted by Crippen LogP contribution is 2.16. The predicted molar refractivity (Wildman–Crippen MR) is 142 cm³/mol. The standard InChI is InChI=1S/C29H30F2N4O3/c1-3-18-7-6-8-19(11-18)16-32-17-26(36)25(14-20-12-21(30)15-22(31)13-20)33-28(37)27-23-9-4-5-10-24(23)29(38)35(2)34-27/h4-13,15,25-26,32,36H,3,14,16-17H2,1-2H3,(H,33,37). The highest BCUT2D eigenvalue weighted by atomic mass is 19.1. The van der Waals surface area contributed by atoms with Crippen molar-refractivity contribution in [1.29, 1.82) is 0 Å². The highest BCUT2D eigenvalue weighted by Gasteiger charge is 2.25. The molecular weight excluding hydrogens is 490 g/mol. The van der Waals surface area contributed by atoms with E-state index in [2.05, 4.69) is 28.7 Å². The van der Waals surface area contributed by atoms with Gasteiger partial charge < -0.3 is 15.7 Å². The lowest BCUT2D eigenvalue weighted by Gasteiger charge is -2.25. The molecule has 7 nitrogen and oxygen atoms in total. The minimum absolute atomic E-state index is 0.00895. The third kappa shape index (κ3) is 6.48. The number of nitrogens with zero attached hydrogens (tertiary/aromatic N) is 2. The first-order chi connectivity index (χ1) is 18.2. The minimum Gasteiger partial charge on any atom is -0.390 e. The summed E-state index contributed by atoms with van der Waals surface area (Å²) in [4.78, 5) is 25.8. The van der Waals surface area contributed by atoms with Crippen molar-refractivity contribution in [3.05, 3.63) is 111 Å². The first-order valence-corrected chi connectivity index (χ1v) is 12.4. The van der Waals surface area contributed by atoms with E-state index in [1.54, 1.807) is 24.3 Å². The molecule has 0 saturated carbocycles. The number of carbonyl (C=O) groups excluding carboxylic acids is 1. The molecule has 3 aromatic carbocycles. The monoisotopic (exact) mass is 520 g/mol. The molecule has 0 radical (unpaired) electrons. The summed E-state index contributed by atoms with van der Waals surface area (Å²) in [5, 5.41) is 21.9. The van der Waals surface area contributed by atoms with Crippen LogP contribution in [0.4, 0.5) is 8.78 Å². The quantitative estimate of drug-likeness (QED) is 0.298. The van der Waals surface area contributed by atoms with E-state index in [0.717, 1.165) is 22.7 Å². The van der Waals surface area contributed by atoms with E-state index >= 15 is 0 Å². The lowest BCUT2D eigenvalue weighted by Crippen LogP contribution is -2.49. The van der Waals surface area contributed by atoms with Crippen LogP contribution in [0.15, 0.2) is 71.5 Å². The van der Waals surface area contributed by atoms with Gasteiger partial charge in [-0.25, -0.2) is 13.5 Å². The lowest BCUT2D eigenvalue weighted by molar-refractivity contribution is 0.0825. The van der Waals surface area contributed by atoms with Gasteiger partial charge >= 0.3 is 0 Å². The van der Waals surface area contributed by atoms with Crippen LogP contribution in [0, 0.1) is 11.6 Å². The van der Waals surface area contributed by atoms with Gasteiger partial charge in [0.05, 0.1) is 17.5 Å². The Bertz CT molecular complexity index is 1480. The number of aromatic nitrogens is 2. The molecule has 9 heteroatoms. The molecule has 2 atom stereocenters. The Labute approximate surface area is 219 Å². The van der Waals surface area contributed by atoms with Gasteiger partial charge in [-0.3, -0.25) is 9.59 Å². The van der Waals surface area contributed by atoms with Crippen molar-refractivity contribution in [3.63, 3.8) is 0 Å². The molecule has 1 amide bonds. The predicted octanol–water partition coefficient (Wildman–Crippen LogP) is 3.27. The number of fused-ring (bicyclic) bond motifs is 1. The summed E-state index contributed by atoms with van der Waals surface area (Å²) in [6.45, 7) is 2.68. The number of carbonyl (C=O) groups is 1. The maximum Gasteiger partial charge on any atom is 0.274 e. The van der Waals surface area contributed by atoms with Crippen molar-refractivity contribution in [2.75, 3.05) is 6.54 Å². The van der Waals surface area contributed by atoms with Crippen LogP contribution < -0.4 is 16.2 Å². The summed E-state index contributed by atoms with van der Waals surface area (Å²) in [5.74, 6) is -2.12. The minimum atomic E-state index is -1.10. The van der Waals surface area contributed by atoms with Gasteiger partial charge in [0.25, 0.3) is 11.5 Å². The Balaban J connectivity index is 1.56. The largest absolute Gasteiger partial charge is 0.390 e. The third-order valence-corrected chi connectivity index (χ3v) is 6.41. The fourth-order valence-electron chi connectivity index (χ4n) is 4.44. The summed E-state index contributed by atoms with van der Waals surface area (Å²) in [5.41, 5.74) is 2.18. The Morgan fingerprint density at radius 1 is 0.974 bits per heavy atom. The SMILES string of the molecule is CCc1cccc(CNCC(O)C(Cc2cc(F)cc(F)c2)NC(=O)c2nn(C)c(=O)c3ccccc23)c1. The number of hydrogen-bond acceptors (Lipinski definition) is 5. The Morgan fingerprint density at radius 2 is 1.66 bits per heavy atom. The molecule has 4 rings (SSSR count). The second-order valence-corrected chi connectivity index (χ2v) is 9.26. The average molecular weight is 521 g/mol. The number of aliphatic hydroxyl groups is 1. The van der Waals surface area contributed by atoms with E-state index < -0.39 is 29.7 Å². The number of hydrogen-bond donors (Lipinski definition) is 3. The third-order valence-electron chi connectivity index (χ3n) is 6.41. The first-order valence-electron chi connectivity index (χ1n) is 12.4. The van der Waals surface area contributed by atoms with Gasteiger partial charge in [-0.15, -0.1) is 0 Å². The molecule has 3 N–H and O–H groups in total. The van der Waals surface area contributed by atoms with Crippen LogP contribution in [0.5, 0.6) is 0 Å². The molecule has 0 aliphatic heterocycles. The maximum atomic E-state index is 13.9. The van der Waals surface area contributed by atoms with Gasteiger partial charge in [-0.1, -0.05) is 49.4 Å². The summed E-state index contributed by atoms with van der Waals surface area (Å²) >= 11 is 0. The first kappa shape index (κ1) is 27.1. The van der Waals surface area contributed by atoms with E-state index in [1.807, 2.05) is 18.2 Å². The van der Waals surface area contributed by atoms with Gasteiger partial charge in [0.15, 0.2) is 5.69 Å². The summed E-state index contributed by atoms with van der Waals surface area (Å²) < 4.78 is 28.8. The van der Waals surface area contributed by atoms with Gasteiger partial charge in [-0.05, 0) is 47.7 Å². The van der Waals surface area contributed by atoms with Gasteiger partial charge in [0.2, 0.25) is 0 Å². The second kappa shape index (κ2) is 12.1. The van der Waals surface area contributed by atoms with Crippen LogP contribution in [-0.4, -0.2) is 39.5 Å². The molecule has 0 fully saturated rings. The van der Waals surface area contributed by atoms with Gasteiger partial charge in [0.1, 0.15) is 11.6 Å². The zero-order valence-corrected chi connectivity index (χ0v) is 21.2. The zero-order valence-electron chi connectivity index (χ0n) is 21.2. The Hall–Kier alpha value is -3.95. The molecule has 0 spiro atoms. The Kier molecular flexibility index (Phi) is 8.60. The van der Waals surface area contributed by atoms with Crippen LogP contribution in [-0.2, 0) is 26.4 Å². The van der Waals surface area contributed by atoms with E-state index in [1.165, 1.54) is 24.7 Å². The van der Waals surface area contributed by atoms with Crippen molar-refractivity contribution in [3.8, 4) is 0 Å². The normalized spacial score (nSPS) is 12.9. The van der Waals surface area contributed by atoms with Crippen molar-refractivity contribution >= 4 is 16.7 Å². The van der Waals surface area contributed by atoms with Crippen LogP contribution >= 0.6 is 0 Å². The maximum absolute atomic E-state index is 13.9. The summed E-state index contributed by atoms with van der Waals surface area (Å²) in [6, 6.07) is 16.9. The molecule has 1 aromatic heterocycles. The topological polar surface area (TPSA) is 96.2 Å². The molecule has 1 heterocycles. The molecule has 0 bridgehead atoms. The van der Waals surface area contributed by atoms with Gasteiger partial charge in [-0.2, -0.15) is 5.10 Å². The number of aryl methyl sites for hydroxylation is 2. The van der Waals surface area contributed by atoms with Crippen LogP contribution in [0.25, 0.3) is 10.8 Å². The fraction of sp³-hybridized carbons (Fsp3) is 0.276. The lowest BCUT2D eigenvalue weighted by atomic mass is 10.00. The average Bonchev–Trinajstić information content (AvgIpc) is 2.89. The van der Waals surface area contributed by atoms with Crippen molar-refractivity contribution in [2.45, 2.75) is 38.5 Å². The molecular formula is C29H30F2N4O3. The number of halogens is 2. The van der Waals surface area contributed by atoms with Gasteiger partial charge in [0, 0.05) is 31.6 Å². The molecule has 198 valence electrons. The van der Waals surface area contributed by atoms with Crippen molar-refractivity contribution in [1.82, 2.24) is 20.4 Å². The molecule has 0 aliphatic carbocycles. The van der Waals surface area contributed by atoms with E-state index in [9.17, 15) is 23.5 Å². The fourth-order valence-corrected chi connectivity index (χ4v) is 4.44. The second-order valence-electron chi connectivity index (χ2n) is 9.26. The van der Waals surface area contributed by atoms with Crippen LogP contribution in [0.3, 0.4) is 0 Å². The molecule has 4 aromatic rings. The van der Waals surface area contributed by atoms with Crippen LogP contribution in [0.2, 0.25) is 0 Å². The number of amides is 1. The molecule has 38 heavy (non-hydrogen) atoms. The van der Waals surface area contributed by atoms with Crippen LogP contribution in [0.1, 0.15) is 34.1 Å².